The van der Waals surface area contributed by atoms with Gasteiger partial charge in [0.25, 0.3) is 0 Å². The fourth-order valence-electron chi connectivity index (χ4n) is 0.906. The quantitative estimate of drug-likeness (QED) is 0.438. The van der Waals surface area contributed by atoms with E-state index >= 15 is 0 Å². The van der Waals surface area contributed by atoms with E-state index in [4.69, 9.17) is 15.9 Å². The number of nitrogens with one attached hydrogen (secondary N) is 1. The molecule has 0 aliphatic rings. The maximum atomic E-state index is 11.6. The zero-order valence-electron chi connectivity index (χ0n) is 8.79. The molecule has 5 heteroatoms. The van der Waals surface area contributed by atoms with Crippen molar-refractivity contribution < 1.29 is 15.0 Å². The number of amides is 1. The van der Waals surface area contributed by atoms with Gasteiger partial charge in [-0.15, -0.1) is 0 Å². The molecular weight excluding hydrogens is 184 g/mol. The SMILES string of the molecule is CCC(C)(CN)C(=O)NC(CO)CO. The first-order valence-corrected chi connectivity index (χ1v) is 4.76. The average molecular weight is 204 g/mol. The predicted octanol–water partition coefficient (Wildman–Crippen LogP) is -1.17. The minimum Gasteiger partial charge on any atom is -0.394 e. The van der Waals surface area contributed by atoms with E-state index < -0.39 is 11.5 Å². The van der Waals surface area contributed by atoms with Gasteiger partial charge in [0.15, 0.2) is 0 Å². The topological polar surface area (TPSA) is 95.6 Å². The smallest absolute Gasteiger partial charge is 0.227 e. The number of hydrogen-bond acceptors (Lipinski definition) is 4. The average Bonchev–Trinajstić information content (AvgIpc) is 2.24. The number of rotatable bonds is 6. The summed E-state index contributed by atoms with van der Waals surface area (Å²) in [5.74, 6) is -0.226. The summed E-state index contributed by atoms with van der Waals surface area (Å²) in [6.45, 7) is 3.34. The Hall–Kier alpha value is -0.650. The van der Waals surface area contributed by atoms with Gasteiger partial charge >= 0.3 is 0 Å². The van der Waals surface area contributed by atoms with E-state index in [1.807, 2.05) is 6.92 Å². The Morgan fingerprint density at radius 2 is 2.00 bits per heavy atom. The van der Waals surface area contributed by atoms with E-state index in [1.165, 1.54) is 0 Å². The van der Waals surface area contributed by atoms with Gasteiger partial charge in [-0.3, -0.25) is 4.79 Å². The molecule has 0 spiro atoms. The second-order valence-electron chi connectivity index (χ2n) is 3.65. The van der Waals surface area contributed by atoms with Crippen molar-refractivity contribution in [3.05, 3.63) is 0 Å². The van der Waals surface area contributed by atoms with Crippen LogP contribution in [0.2, 0.25) is 0 Å². The molecule has 0 saturated heterocycles. The summed E-state index contributed by atoms with van der Waals surface area (Å²) in [4.78, 5) is 11.6. The van der Waals surface area contributed by atoms with Crippen molar-refractivity contribution in [2.75, 3.05) is 19.8 Å². The van der Waals surface area contributed by atoms with Gasteiger partial charge in [-0.05, 0) is 13.3 Å². The van der Waals surface area contributed by atoms with Crippen LogP contribution < -0.4 is 11.1 Å². The van der Waals surface area contributed by atoms with Crippen LogP contribution in [0.4, 0.5) is 0 Å². The third kappa shape index (κ3) is 3.25. The maximum absolute atomic E-state index is 11.6. The van der Waals surface area contributed by atoms with Crippen molar-refractivity contribution >= 4 is 5.91 Å². The normalized spacial score (nSPS) is 15.3. The highest BCUT2D eigenvalue weighted by atomic mass is 16.3. The van der Waals surface area contributed by atoms with Crippen LogP contribution in [0.25, 0.3) is 0 Å². The van der Waals surface area contributed by atoms with Gasteiger partial charge in [-0.25, -0.2) is 0 Å². The molecule has 0 aromatic heterocycles. The summed E-state index contributed by atoms with van der Waals surface area (Å²) >= 11 is 0. The number of aliphatic hydroxyl groups excluding tert-OH is 2. The van der Waals surface area contributed by atoms with Gasteiger partial charge in [-0.2, -0.15) is 0 Å². The molecule has 0 aromatic carbocycles. The Balaban J connectivity index is 4.30. The van der Waals surface area contributed by atoms with Crippen LogP contribution in [0.1, 0.15) is 20.3 Å². The number of carbonyl (C=O) groups excluding carboxylic acids is 1. The Morgan fingerprint density at radius 1 is 1.50 bits per heavy atom. The molecule has 5 N–H and O–H groups in total. The second kappa shape index (κ2) is 5.95. The van der Waals surface area contributed by atoms with Crippen molar-refractivity contribution in [2.24, 2.45) is 11.1 Å². The van der Waals surface area contributed by atoms with Crippen molar-refractivity contribution in [3.8, 4) is 0 Å². The summed E-state index contributed by atoms with van der Waals surface area (Å²) in [5.41, 5.74) is 4.87. The molecule has 0 radical (unpaired) electrons. The molecule has 0 heterocycles. The lowest BCUT2D eigenvalue weighted by atomic mass is 9.86. The van der Waals surface area contributed by atoms with Crippen LogP contribution in [0.3, 0.4) is 0 Å². The van der Waals surface area contributed by atoms with Gasteiger partial charge in [-0.1, -0.05) is 6.92 Å². The molecule has 0 aliphatic heterocycles. The van der Waals surface area contributed by atoms with E-state index in [0.29, 0.717) is 6.42 Å². The van der Waals surface area contributed by atoms with Gasteiger partial charge in [0.2, 0.25) is 5.91 Å². The zero-order valence-corrected chi connectivity index (χ0v) is 8.79. The lowest BCUT2D eigenvalue weighted by molar-refractivity contribution is -0.131. The summed E-state index contributed by atoms with van der Waals surface area (Å²) in [6.07, 6.45) is 0.624. The van der Waals surface area contributed by atoms with Crippen molar-refractivity contribution in [2.45, 2.75) is 26.3 Å². The zero-order chi connectivity index (χ0) is 11.2. The standard InChI is InChI=1S/C9H20N2O3/c1-3-9(2,6-10)8(14)11-7(4-12)5-13/h7,12-13H,3-6,10H2,1-2H3,(H,11,14). The van der Waals surface area contributed by atoms with Crippen LogP contribution in [-0.2, 0) is 4.79 Å². The number of hydrogen-bond donors (Lipinski definition) is 4. The molecule has 1 amide bonds. The van der Waals surface area contributed by atoms with Crippen molar-refractivity contribution in [1.29, 1.82) is 0 Å². The van der Waals surface area contributed by atoms with E-state index in [9.17, 15) is 4.79 Å². The summed E-state index contributed by atoms with van der Waals surface area (Å²) < 4.78 is 0. The van der Waals surface area contributed by atoms with Crippen molar-refractivity contribution in [3.63, 3.8) is 0 Å². The van der Waals surface area contributed by atoms with Gasteiger partial charge in [0.05, 0.1) is 24.7 Å². The van der Waals surface area contributed by atoms with Crippen LogP contribution in [0.5, 0.6) is 0 Å². The highest BCUT2D eigenvalue weighted by molar-refractivity contribution is 5.82. The van der Waals surface area contributed by atoms with Crippen LogP contribution in [0.15, 0.2) is 0 Å². The lowest BCUT2D eigenvalue weighted by Gasteiger charge is -2.27. The third-order valence-corrected chi connectivity index (χ3v) is 2.56. The third-order valence-electron chi connectivity index (χ3n) is 2.56. The minimum absolute atomic E-state index is 0.226. The Morgan fingerprint density at radius 3 is 2.29 bits per heavy atom. The summed E-state index contributed by atoms with van der Waals surface area (Å²) in [6, 6.07) is -0.597. The van der Waals surface area contributed by atoms with Gasteiger partial charge < -0.3 is 21.3 Å². The summed E-state index contributed by atoms with van der Waals surface area (Å²) in [7, 11) is 0. The second-order valence-corrected chi connectivity index (χ2v) is 3.65. The molecule has 0 fully saturated rings. The maximum Gasteiger partial charge on any atom is 0.227 e. The van der Waals surface area contributed by atoms with Gasteiger partial charge in [0, 0.05) is 6.54 Å². The Labute approximate surface area is 84.3 Å². The van der Waals surface area contributed by atoms with Crippen LogP contribution in [-0.4, -0.2) is 41.9 Å². The van der Waals surface area contributed by atoms with Crippen LogP contribution >= 0.6 is 0 Å². The molecule has 14 heavy (non-hydrogen) atoms. The largest absolute Gasteiger partial charge is 0.394 e. The van der Waals surface area contributed by atoms with E-state index in [0.717, 1.165) is 0 Å². The lowest BCUT2D eigenvalue weighted by Crippen LogP contribution is -2.49. The molecule has 5 nitrogen and oxygen atoms in total. The molecule has 84 valence electrons. The molecule has 0 rings (SSSR count). The Bertz CT molecular complexity index is 177. The molecule has 0 aliphatic carbocycles. The molecule has 0 aromatic rings. The molecule has 0 saturated carbocycles. The molecular formula is C9H20N2O3. The van der Waals surface area contributed by atoms with Crippen LogP contribution in [0, 0.1) is 5.41 Å². The van der Waals surface area contributed by atoms with E-state index in [2.05, 4.69) is 5.32 Å². The molecule has 1 atom stereocenters. The summed E-state index contributed by atoms with van der Waals surface area (Å²) in [5, 5.41) is 20.1. The highest BCUT2D eigenvalue weighted by Crippen LogP contribution is 2.19. The first kappa shape index (κ1) is 13.4. The first-order chi connectivity index (χ1) is 6.53. The molecule has 0 bridgehead atoms. The first-order valence-electron chi connectivity index (χ1n) is 4.76. The highest BCUT2D eigenvalue weighted by Gasteiger charge is 2.30. The fraction of sp³-hybridized carbons (Fsp3) is 0.889. The minimum atomic E-state index is -0.622. The predicted molar refractivity (Wildman–Crippen MR) is 53.6 cm³/mol. The number of nitrogens with two attached hydrogens (primary N) is 1. The number of aliphatic hydroxyl groups is 2. The fourth-order valence-corrected chi connectivity index (χ4v) is 0.906. The monoisotopic (exact) mass is 204 g/mol. The van der Waals surface area contributed by atoms with E-state index in [1.54, 1.807) is 6.92 Å². The van der Waals surface area contributed by atoms with E-state index in [-0.39, 0.29) is 25.7 Å². The Kier molecular flexibility index (Phi) is 5.68. The van der Waals surface area contributed by atoms with Gasteiger partial charge in [0.1, 0.15) is 0 Å². The number of carbonyl (C=O) groups is 1. The van der Waals surface area contributed by atoms with Crippen molar-refractivity contribution in [1.82, 2.24) is 5.32 Å². The molecule has 1 unspecified atom stereocenters.